The summed E-state index contributed by atoms with van der Waals surface area (Å²) in [6, 6.07) is 10.7. The lowest BCUT2D eigenvalue weighted by Gasteiger charge is -2.17. The molecule has 2 heteroatoms. The van der Waals surface area contributed by atoms with Gasteiger partial charge in [-0.05, 0) is 32.0 Å². The molecule has 0 aliphatic heterocycles. The summed E-state index contributed by atoms with van der Waals surface area (Å²) < 4.78 is 0. The first-order chi connectivity index (χ1) is 7.18. The molecule has 84 valence electrons. The van der Waals surface area contributed by atoms with Crippen molar-refractivity contribution in [3.8, 4) is 0 Å². The smallest absolute Gasteiger partial charge is 0.0129 e. The van der Waals surface area contributed by atoms with Crippen LogP contribution in [0.4, 0.5) is 0 Å². The van der Waals surface area contributed by atoms with E-state index in [0.29, 0.717) is 4.83 Å². The maximum atomic E-state index is 3.57. The van der Waals surface area contributed by atoms with Crippen LogP contribution in [0.3, 0.4) is 0 Å². The molecule has 0 saturated heterocycles. The summed E-state index contributed by atoms with van der Waals surface area (Å²) in [4.78, 5) is 3.02. The Kier molecular flexibility index (Phi) is 5.96. The number of hydrogen-bond acceptors (Lipinski definition) is 1. The fraction of sp³-hybridized carbons (Fsp3) is 0.538. The molecule has 0 N–H and O–H groups in total. The summed E-state index contributed by atoms with van der Waals surface area (Å²) >= 11 is 3.57. The van der Waals surface area contributed by atoms with E-state index in [1.807, 2.05) is 0 Å². The Morgan fingerprint density at radius 2 is 1.87 bits per heavy atom. The van der Waals surface area contributed by atoms with Crippen LogP contribution >= 0.6 is 15.9 Å². The zero-order valence-corrected chi connectivity index (χ0v) is 11.2. The Labute approximate surface area is 102 Å². The number of halogens is 1. The summed E-state index contributed by atoms with van der Waals surface area (Å²) in [7, 11) is 2.19. The fourth-order valence-corrected chi connectivity index (χ4v) is 1.68. The molecule has 15 heavy (non-hydrogen) atoms. The van der Waals surface area contributed by atoms with E-state index < -0.39 is 0 Å². The van der Waals surface area contributed by atoms with Crippen LogP contribution in [0.1, 0.15) is 18.9 Å². The van der Waals surface area contributed by atoms with E-state index in [-0.39, 0.29) is 0 Å². The van der Waals surface area contributed by atoms with Gasteiger partial charge in [0.1, 0.15) is 0 Å². The molecule has 0 aromatic heterocycles. The van der Waals surface area contributed by atoms with Crippen LogP contribution in [0.5, 0.6) is 0 Å². The average molecular weight is 270 g/mol. The quantitative estimate of drug-likeness (QED) is 0.717. The molecule has 1 aromatic rings. The number of hydrogen-bond donors (Lipinski definition) is 0. The molecule has 1 unspecified atom stereocenters. The second-order valence-electron chi connectivity index (χ2n) is 4.11. The number of benzene rings is 1. The Morgan fingerprint density at radius 3 is 2.47 bits per heavy atom. The highest BCUT2D eigenvalue weighted by Crippen LogP contribution is 2.05. The highest BCUT2D eigenvalue weighted by Gasteiger charge is 2.01. The zero-order valence-electron chi connectivity index (χ0n) is 9.62. The van der Waals surface area contributed by atoms with Crippen LogP contribution in [0.25, 0.3) is 0 Å². The average Bonchev–Trinajstić information content (AvgIpc) is 2.25. The molecule has 0 amide bonds. The van der Waals surface area contributed by atoms with Crippen LogP contribution in [-0.2, 0) is 6.42 Å². The molecule has 0 aliphatic carbocycles. The molecule has 1 aromatic carbocycles. The van der Waals surface area contributed by atoms with Gasteiger partial charge in [0.25, 0.3) is 0 Å². The van der Waals surface area contributed by atoms with Gasteiger partial charge in [0, 0.05) is 11.4 Å². The SMILES string of the molecule is CC(Br)CCN(C)CCc1ccccc1. The van der Waals surface area contributed by atoms with Gasteiger partial charge in [-0.2, -0.15) is 0 Å². The molecule has 0 saturated carbocycles. The van der Waals surface area contributed by atoms with Gasteiger partial charge in [0.15, 0.2) is 0 Å². The lowest BCUT2D eigenvalue weighted by Crippen LogP contribution is -2.23. The lowest BCUT2D eigenvalue weighted by atomic mass is 10.1. The highest BCUT2D eigenvalue weighted by molar-refractivity contribution is 9.09. The van der Waals surface area contributed by atoms with Crippen molar-refractivity contribution in [2.24, 2.45) is 0 Å². The first kappa shape index (κ1) is 12.7. The summed E-state index contributed by atoms with van der Waals surface area (Å²) in [5.41, 5.74) is 1.43. The van der Waals surface area contributed by atoms with E-state index in [4.69, 9.17) is 0 Å². The van der Waals surface area contributed by atoms with Gasteiger partial charge in [0.05, 0.1) is 0 Å². The van der Waals surface area contributed by atoms with Crippen molar-refractivity contribution in [2.45, 2.75) is 24.6 Å². The third kappa shape index (κ3) is 5.95. The van der Waals surface area contributed by atoms with Gasteiger partial charge in [-0.1, -0.05) is 53.2 Å². The van der Waals surface area contributed by atoms with Gasteiger partial charge in [-0.25, -0.2) is 0 Å². The second-order valence-corrected chi connectivity index (χ2v) is 5.67. The Bertz CT molecular complexity index is 258. The molecular weight excluding hydrogens is 250 g/mol. The third-order valence-corrected chi connectivity index (χ3v) is 2.99. The van der Waals surface area contributed by atoms with E-state index >= 15 is 0 Å². The molecule has 0 radical (unpaired) electrons. The fourth-order valence-electron chi connectivity index (χ4n) is 1.47. The van der Waals surface area contributed by atoms with E-state index in [9.17, 15) is 0 Å². The number of nitrogens with zero attached hydrogens (tertiary/aromatic N) is 1. The van der Waals surface area contributed by atoms with Crippen LogP contribution in [0.15, 0.2) is 30.3 Å². The minimum absolute atomic E-state index is 0.622. The van der Waals surface area contributed by atoms with Gasteiger partial charge < -0.3 is 4.90 Å². The monoisotopic (exact) mass is 269 g/mol. The molecule has 0 heterocycles. The standard InChI is InChI=1S/C13H20BrN/c1-12(14)8-10-15(2)11-9-13-6-4-3-5-7-13/h3-7,12H,8-11H2,1-2H3. The molecule has 1 atom stereocenters. The van der Waals surface area contributed by atoms with Crippen LogP contribution < -0.4 is 0 Å². The Balaban J connectivity index is 2.19. The molecule has 1 rings (SSSR count). The topological polar surface area (TPSA) is 3.24 Å². The first-order valence-electron chi connectivity index (χ1n) is 5.55. The van der Waals surface area contributed by atoms with E-state index in [0.717, 1.165) is 13.0 Å². The lowest BCUT2D eigenvalue weighted by molar-refractivity contribution is 0.334. The predicted molar refractivity (Wildman–Crippen MR) is 70.6 cm³/mol. The first-order valence-corrected chi connectivity index (χ1v) is 6.46. The normalized spacial score (nSPS) is 13.1. The summed E-state index contributed by atoms with van der Waals surface area (Å²) in [5, 5.41) is 0. The Morgan fingerprint density at radius 1 is 1.20 bits per heavy atom. The van der Waals surface area contributed by atoms with Gasteiger partial charge >= 0.3 is 0 Å². The Hall–Kier alpha value is -0.340. The van der Waals surface area contributed by atoms with E-state index in [2.05, 4.69) is 65.1 Å². The van der Waals surface area contributed by atoms with Crippen molar-refractivity contribution in [1.29, 1.82) is 0 Å². The van der Waals surface area contributed by atoms with Crippen molar-refractivity contribution in [3.63, 3.8) is 0 Å². The van der Waals surface area contributed by atoms with Crippen molar-refractivity contribution in [1.82, 2.24) is 4.90 Å². The number of likely N-dealkylation sites (N-methyl/N-ethyl adjacent to an activating group) is 1. The van der Waals surface area contributed by atoms with E-state index in [1.54, 1.807) is 0 Å². The molecular formula is C13H20BrN. The van der Waals surface area contributed by atoms with Crippen LogP contribution in [0.2, 0.25) is 0 Å². The zero-order chi connectivity index (χ0) is 11.1. The molecule has 0 fully saturated rings. The second kappa shape index (κ2) is 7.02. The molecule has 0 spiro atoms. The summed E-state index contributed by atoms with van der Waals surface area (Å²) in [6.45, 7) is 4.51. The highest BCUT2D eigenvalue weighted by atomic mass is 79.9. The van der Waals surface area contributed by atoms with E-state index in [1.165, 1.54) is 18.5 Å². The summed E-state index contributed by atoms with van der Waals surface area (Å²) in [6.07, 6.45) is 2.36. The van der Waals surface area contributed by atoms with Crippen molar-refractivity contribution in [2.75, 3.05) is 20.1 Å². The maximum Gasteiger partial charge on any atom is 0.0129 e. The molecule has 0 bridgehead atoms. The van der Waals surface area contributed by atoms with Crippen LogP contribution in [0, 0.1) is 0 Å². The number of rotatable bonds is 6. The predicted octanol–water partition coefficient (Wildman–Crippen LogP) is 3.33. The minimum Gasteiger partial charge on any atom is -0.306 e. The van der Waals surface area contributed by atoms with Crippen LogP contribution in [-0.4, -0.2) is 29.9 Å². The molecule has 0 aliphatic rings. The summed E-state index contributed by atoms with van der Waals surface area (Å²) in [5.74, 6) is 0. The number of alkyl halides is 1. The maximum absolute atomic E-state index is 3.57. The molecule has 1 nitrogen and oxygen atoms in total. The van der Waals surface area contributed by atoms with Crippen molar-refractivity contribution in [3.05, 3.63) is 35.9 Å². The van der Waals surface area contributed by atoms with Gasteiger partial charge in [-0.15, -0.1) is 0 Å². The van der Waals surface area contributed by atoms with Gasteiger partial charge in [-0.3, -0.25) is 0 Å². The minimum atomic E-state index is 0.622. The largest absolute Gasteiger partial charge is 0.306 e. The third-order valence-electron chi connectivity index (χ3n) is 2.53. The van der Waals surface area contributed by atoms with Crippen molar-refractivity contribution < 1.29 is 0 Å². The van der Waals surface area contributed by atoms with Crippen molar-refractivity contribution >= 4 is 15.9 Å². The van der Waals surface area contributed by atoms with Gasteiger partial charge in [0.2, 0.25) is 0 Å².